The molecule has 0 unspecified atom stereocenters. The molecule has 0 heterocycles. The zero-order valence-corrected chi connectivity index (χ0v) is 7.00. The maximum absolute atomic E-state index is 9.90. The molecule has 0 aliphatic carbocycles. The Morgan fingerprint density at radius 1 is 1.36 bits per heavy atom. The molecule has 0 aliphatic rings. The Hall–Kier alpha value is -0.610. The highest BCUT2D eigenvalue weighted by Gasteiger charge is 2.05. The van der Waals surface area contributed by atoms with E-state index in [9.17, 15) is 4.79 Å². The topological polar surface area (TPSA) is 47.6 Å². The number of amides is 1. The van der Waals surface area contributed by atoms with Crippen molar-refractivity contribution in [2.45, 2.75) is 20.1 Å². The summed E-state index contributed by atoms with van der Waals surface area (Å²) < 4.78 is 10.3. The van der Waals surface area contributed by atoms with Crippen LogP contribution in [0.25, 0.3) is 0 Å². The van der Waals surface area contributed by atoms with Crippen LogP contribution in [0.5, 0.6) is 0 Å². The first-order chi connectivity index (χ1) is 5.35. The predicted molar refractivity (Wildman–Crippen MR) is 41.1 cm³/mol. The highest BCUT2D eigenvalue weighted by molar-refractivity contribution is 5.45. The van der Waals surface area contributed by atoms with Crippen LogP contribution in [0.1, 0.15) is 13.8 Å². The monoisotopic (exact) mass is 161 g/mol. The fraction of sp³-hybridized carbons (Fsp3) is 0.857. The zero-order chi connectivity index (χ0) is 8.53. The molecule has 0 fully saturated rings. The van der Waals surface area contributed by atoms with Crippen LogP contribution in [0.4, 0.5) is 0 Å². The van der Waals surface area contributed by atoms with Gasteiger partial charge in [0.15, 0.2) is 6.29 Å². The first-order valence-electron chi connectivity index (χ1n) is 3.75. The van der Waals surface area contributed by atoms with Gasteiger partial charge < -0.3 is 14.8 Å². The molecule has 0 aromatic rings. The second kappa shape index (κ2) is 7.50. The fourth-order valence-corrected chi connectivity index (χ4v) is 0.682. The van der Waals surface area contributed by atoms with Crippen molar-refractivity contribution in [3.63, 3.8) is 0 Å². The van der Waals surface area contributed by atoms with E-state index in [1.807, 2.05) is 13.8 Å². The zero-order valence-electron chi connectivity index (χ0n) is 7.00. The standard InChI is InChI=1S/C7H15NO3/c1-3-10-7(11-4-2)5-8-6-9/h6-7H,3-5H2,1-2H3,(H,8,9). The van der Waals surface area contributed by atoms with E-state index in [1.54, 1.807) is 0 Å². The van der Waals surface area contributed by atoms with E-state index in [4.69, 9.17) is 9.47 Å². The van der Waals surface area contributed by atoms with E-state index < -0.39 is 0 Å². The van der Waals surface area contributed by atoms with Crippen molar-refractivity contribution in [3.8, 4) is 0 Å². The number of nitrogens with one attached hydrogen (secondary N) is 1. The van der Waals surface area contributed by atoms with E-state index >= 15 is 0 Å². The first-order valence-corrected chi connectivity index (χ1v) is 3.75. The van der Waals surface area contributed by atoms with Crippen LogP contribution in [0.2, 0.25) is 0 Å². The maximum Gasteiger partial charge on any atom is 0.207 e. The van der Waals surface area contributed by atoms with Gasteiger partial charge in [-0.2, -0.15) is 0 Å². The molecule has 0 aliphatic heterocycles. The van der Waals surface area contributed by atoms with Gasteiger partial charge >= 0.3 is 0 Å². The molecule has 0 aromatic carbocycles. The summed E-state index contributed by atoms with van der Waals surface area (Å²) in [5.41, 5.74) is 0. The van der Waals surface area contributed by atoms with Crippen molar-refractivity contribution in [1.29, 1.82) is 0 Å². The molecule has 0 bridgehead atoms. The van der Waals surface area contributed by atoms with Crippen molar-refractivity contribution in [2.75, 3.05) is 19.8 Å². The van der Waals surface area contributed by atoms with E-state index in [1.165, 1.54) is 0 Å². The summed E-state index contributed by atoms with van der Waals surface area (Å²) in [6.07, 6.45) is 0.320. The predicted octanol–water partition coefficient (Wildman–Crippen LogP) is 0.131. The van der Waals surface area contributed by atoms with Gasteiger partial charge in [-0.15, -0.1) is 0 Å². The average Bonchev–Trinajstić information content (AvgIpc) is 2.01. The Labute approximate surface area is 66.9 Å². The molecule has 0 saturated carbocycles. The molecule has 4 heteroatoms. The summed E-state index contributed by atoms with van der Waals surface area (Å²) in [7, 11) is 0. The maximum atomic E-state index is 9.90. The first kappa shape index (κ1) is 10.4. The van der Waals surface area contributed by atoms with E-state index in [0.717, 1.165) is 0 Å². The van der Waals surface area contributed by atoms with Crippen molar-refractivity contribution in [3.05, 3.63) is 0 Å². The minimum Gasteiger partial charge on any atom is -0.354 e. The van der Waals surface area contributed by atoms with Crippen molar-refractivity contribution >= 4 is 6.41 Å². The van der Waals surface area contributed by atoms with Crippen LogP contribution < -0.4 is 5.32 Å². The van der Waals surface area contributed by atoms with Crippen LogP contribution >= 0.6 is 0 Å². The van der Waals surface area contributed by atoms with Gasteiger partial charge in [0.1, 0.15) is 0 Å². The molecule has 4 nitrogen and oxygen atoms in total. The molecule has 11 heavy (non-hydrogen) atoms. The molecule has 1 amide bonds. The lowest BCUT2D eigenvalue weighted by Gasteiger charge is -2.15. The molecular formula is C7H15NO3. The second-order valence-corrected chi connectivity index (χ2v) is 1.87. The van der Waals surface area contributed by atoms with Gasteiger partial charge in [-0.05, 0) is 13.8 Å². The van der Waals surface area contributed by atoms with Gasteiger partial charge in [0.05, 0.1) is 6.54 Å². The number of carbonyl (C=O) groups is 1. The second-order valence-electron chi connectivity index (χ2n) is 1.87. The molecule has 0 radical (unpaired) electrons. The highest BCUT2D eigenvalue weighted by Crippen LogP contribution is 1.91. The smallest absolute Gasteiger partial charge is 0.207 e. The molecular weight excluding hydrogens is 146 g/mol. The van der Waals surface area contributed by atoms with E-state index in [-0.39, 0.29) is 6.29 Å². The average molecular weight is 161 g/mol. The normalized spacial score (nSPS) is 10.1. The largest absolute Gasteiger partial charge is 0.354 e. The van der Waals surface area contributed by atoms with Crippen molar-refractivity contribution in [1.82, 2.24) is 5.32 Å². The van der Waals surface area contributed by atoms with Crippen LogP contribution in [0.15, 0.2) is 0 Å². The van der Waals surface area contributed by atoms with Crippen LogP contribution in [-0.4, -0.2) is 32.5 Å². The fourth-order valence-electron chi connectivity index (χ4n) is 0.682. The van der Waals surface area contributed by atoms with Crippen molar-refractivity contribution in [2.24, 2.45) is 0 Å². The van der Waals surface area contributed by atoms with Gasteiger partial charge in [-0.1, -0.05) is 0 Å². The third-order valence-corrected chi connectivity index (χ3v) is 1.07. The Bertz CT molecular complexity index is 91.7. The third-order valence-electron chi connectivity index (χ3n) is 1.07. The van der Waals surface area contributed by atoms with Gasteiger partial charge in [-0.3, -0.25) is 4.79 Å². The number of carbonyl (C=O) groups excluding carboxylic acids is 1. The van der Waals surface area contributed by atoms with Crippen LogP contribution in [0, 0.1) is 0 Å². The molecule has 0 spiro atoms. The summed E-state index contributed by atoms with van der Waals surface area (Å²) in [6, 6.07) is 0. The number of ether oxygens (including phenoxy) is 2. The van der Waals surface area contributed by atoms with Gasteiger partial charge in [0.25, 0.3) is 0 Å². The Balaban J connectivity index is 3.41. The summed E-state index contributed by atoms with van der Waals surface area (Å²) in [6.45, 7) is 5.35. The van der Waals surface area contributed by atoms with Crippen molar-refractivity contribution < 1.29 is 14.3 Å². The van der Waals surface area contributed by atoms with Crippen LogP contribution in [-0.2, 0) is 14.3 Å². The van der Waals surface area contributed by atoms with E-state index in [2.05, 4.69) is 5.32 Å². The highest BCUT2D eigenvalue weighted by atomic mass is 16.7. The molecule has 0 rings (SSSR count). The molecule has 0 atom stereocenters. The SMILES string of the molecule is CCOC(CNC=O)OCC. The Morgan fingerprint density at radius 3 is 2.27 bits per heavy atom. The number of hydrogen-bond donors (Lipinski definition) is 1. The lowest BCUT2D eigenvalue weighted by atomic mass is 10.6. The quantitative estimate of drug-likeness (QED) is 0.426. The van der Waals surface area contributed by atoms with Gasteiger partial charge in [-0.25, -0.2) is 0 Å². The summed E-state index contributed by atoms with van der Waals surface area (Å²) in [5, 5.41) is 2.49. The lowest BCUT2D eigenvalue weighted by molar-refractivity contribution is -0.136. The molecule has 0 aromatic heterocycles. The molecule has 1 N–H and O–H groups in total. The van der Waals surface area contributed by atoms with E-state index in [0.29, 0.717) is 26.2 Å². The number of hydrogen-bond acceptors (Lipinski definition) is 3. The minimum atomic E-state index is -0.310. The van der Waals surface area contributed by atoms with Gasteiger partial charge in [0, 0.05) is 13.2 Å². The van der Waals surface area contributed by atoms with Gasteiger partial charge in [0.2, 0.25) is 6.41 Å². The van der Waals surface area contributed by atoms with Crippen LogP contribution in [0.3, 0.4) is 0 Å². The third kappa shape index (κ3) is 5.82. The molecule has 66 valence electrons. The summed E-state index contributed by atoms with van der Waals surface area (Å²) >= 11 is 0. The summed E-state index contributed by atoms with van der Waals surface area (Å²) in [4.78, 5) is 9.90. The number of rotatable bonds is 7. The Morgan fingerprint density at radius 2 is 1.91 bits per heavy atom. The minimum absolute atomic E-state index is 0.310. The lowest BCUT2D eigenvalue weighted by Crippen LogP contribution is -2.30. The Kier molecular flexibility index (Phi) is 7.08. The summed E-state index contributed by atoms with van der Waals surface area (Å²) in [5.74, 6) is 0. The molecule has 0 saturated heterocycles.